The molecule has 0 fully saturated rings. The van der Waals surface area contributed by atoms with E-state index in [-0.39, 0.29) is 11.4 Å². The van der Waals surface area contributed by atoms with Crippen LogP contribution in [-0.4, -0.2) is 34.7 Å². The molecule has 0 saturated heterocycles. The van der Waals surface area contributed by atoms with E-state index in [9.17, 15) is 9.90 Å². The van der Waals surface area contributed by atoms with Gasteiger partial charge in [-0.25, -0.2) is 4.98 Å². The predicted molar refractivity (Wildman–Crippen MR) is 139 cm³/mol. The molecule has 3 rings (SSSR count). The van der Waals surface area contributed by atoms with Crippen molar-refractivity contribution in [3.63, 3.8) is 0 Å². The number of hydrogen-bond acceptors (Lipinski definition) is 6. The minimum atomic E-state index is -0.676. The Hall–Kier alpha value is -3.42. The third-order valence-corrected chi connectivity index (χ3v) is 5.72. The number of para-hydroxylation sites is 1. The number of nitrogens with one attached hydrogen (secondary N) is 2. The Bertz CT molecular complexity index is 1100. The highest BCUT2D eigenvalue weighted by atomic mass is 16.5. The lowest BCUT2D eigenvalue weighted by Gasteiger charge is -2.28. The van der Waals surface area contributed by atoms with Gasteiger partial charge in [0.2, 0.25) is 5.91 Å². The van der Waals surface area contributed by atoms with E-state index < -0.39 is 6.10 Å². The summed E-state index contributed by atoms with van der Waals surface area (Å²) in [5, 5.41) is 16.9. The molecule has 0 aliphatic rings. The lowest BCUT2D eigenvalue weighted by atomic mass is 9.93. The van der Waals surface area contributed by atoms with Gasteiger partial charge in [0, 0.05) is 36.0 Å². The van der Waals surface area contributed by atoms with Gasteiger partial charge in [-0.3, -0.25) is 4.79 Å². The Morgan fingerprint density at radius 3 is 2.63 bits per heavy atom. The molecule has 186 valence electrons. The molecule has 1 amide bonds. The molecule has 0 aliphatic heterocycles. The Balaban J connectivity index is 1.52. The van der Waals surface area contributed by atoms with E-state index in [1.54, 1.807) is 18.3 Å². The van der Waals surface area contributed by atoms with Crippen LogP contribution in [0.1, 0.15) is 49.1 Å². The van der Waals surface area contributed by atoms with Crippen LogP contribution in [-0.2, 0) is 24.2 Å². The standard InChI is InChI=1S/C28H36N4O3/c1-4-35-25-11-6-5-10-23(25)18-31-27(34)15-20-8-7-9-21(14-20)16-28(2,3)32-19-24(33)22-12-13-26(29)30-17-22/h5-14,17,24,32-33H,4,15-16,18-19H2,1-3H3,(H2,29,30)(H,31,34)/t24-/m0/s1. The van der Waals surface area contributed by atoms with E-state index in [4.69, 9.17) is 10.5 Å². The minimum Gasteiger partial charge on any atom is -0.494 e. The van der Waals surface area contributed by atoms with Crippen molar-refractivity contribution in [2.75, 3.05) is 18.9 Å². The summed E-state index contributed by atoms with van der Waals surface area (Å²) in [7, 11) is 0. The number of aromatic nitrogens is 1. The fraction of sp³-hybridized carbons (Fsp3) is 0.357. The Morgan fingerprint density at radius 1 is 1.11 bits per heavy atom. The number of benzene rings is 2. The second-order valence-electron chi connectivity index (χ2n) is 9.29. The van der Waals surface area contributed by atoms with Crippen molar-refractivity contribution < 1.29 is 14.6 Å². The molecule has 0 spiro atoms. The average Bonchev–Trinajstić information content (AvgIpc) is 2.83. The summed E-state index contributed by atoms with van der Waals surface area (Å²) in [5.41, 5.74) is 9.13. The summed E-state index contributed by atoms with van der Waals surface area (Å²) in [5.74, 6) is 1.19. The molecule has 1 atom stereocenters. The zero-order valence-electron chi connectivity index (χ0n) is 20.8. The molecule has 0 radical (unpaired) electrons. The molecule has 35 heavy (non-hydrogen) atoms. The predicted octanol–water partition coefficient (Wildman–Crippen LogP) is 3.57. The first-order valence-corrected chi connectivity index (χ1v) is 12.0. The topological polar surface area (TPSA) is 110 Å². The number of aliphatic hydroxyl groups is 1. The van der Waals surface area contributed by atoms with Gasteiger partial charge in [0.1, 0.15) is 11.6 Å². The quantitative estimate of drug-likeness (QED) is 0.318. The maximum Gasteiger partial charge on any atom is 0.224 e. The lowest BCUT2D eigenvalue weighted by molar-refractivity contribution is -0.120. The SMILES string of the molecule is CCOc1ccccc1CNC(=O)Cc1cccc(CC(C)(C)NC[C@H](O)c2ccc(N)nc2)c1. The minimum absolute atomic E-state index is 0.0360. The second kappa shape index (κ2) is 12.3. The van der Waals surface area contributed by atoms with E-state index in [1.807, 2.05) is 43.3 Å². The summed E-state index contributed by atoms with van der Waals surface area (Å²) in [6, 6.07) is 19.3. The highest BCUT2D eigenvalue weighted by molar-refractivity contribution is 5.78. The third-order valence-electron chi connectivity index (χ3n) is 5.72. The largest absolute Gasteiger partial charge is 0.494 e. The van der Waals surface area contributed by atoms with Crippen LogP contribution >= 0.6 is 0 Å². The van der Waals surface area contributed by atoms with Gasteiger partial charge in [-0.05, 0) is 50.5 Å². The number of pyridine rings is 1. The van der Waals surface area contributed by atoms with Crippen LogP contribution < -0.4 is 21.1 Å². The van der Waals surface area contributed by atoms with E-state index >= 15 is 0 Å². The zero-order valence-corrected chi connectivity index (χ0v) is 20.8. The first kappa shape index (κ1) is 26.2. The molecule has 7 heteroatoms. The summed E-state index contributed by atoms with van der Waals surface area (Å²) >= 11 is 0. The molecule has 1 heterocycles. The Morgan fingerprint density at radius 2 is 1.89 bits per heavy atom. The van der Waals surface area contributed by atoms with Crippen LogP contribution in [0, 0.1) is 0 Å². The van der Waals surface area contributed by atoms with Crippen molar-refractivity contribution in [1.29, 1.82) is 0 Å². The van der Waals surface area contributed by atoms with Crippen LogP contribution in [0.25, 0.3) is 0 Å². The maximum atomic E-state index is 12.6. The molecule has 0 aliphatic carbocycles. The molecular formula is C28H36N4O3. The van der Waals surface area contributed by atoms with Crippen molar-refractivity contribution in [3.8, 4) is 5.75 Å². The van der Waals surface area contributed by atoms with Gasteiger partial charge in [-0.1, -0.05) is 48.5 Å². The lowest BCUT2D eigenvalue weighted by Crippen LogP contribution is -2.43. The summed E-state index contributed by atoms with van der Waals surface area (Å²) < 4.78 is 5.63. The molecule has 2 aromatic carbocycles. The number of ether oxygens (including phenoxy) is 1. The maximum absolute atomic E-state index is 12.6. The number of nitrogens with two attached hydrogens (primary N) is 1. The van der Waals surface area contributed by atoms with Gasteiger partial charge in [0.05, 0.1) is 19.1 Å². The second-order valence-corrected chi connectivity index (χ2v) is 9.29. The van der Waals surface area contributed by atoms with Crippen molar-refractivity contribution in [3.05, 3.63) is 89.1 Å². The molecular weight excluding hydrogens is 440 g/mol. The zero-order chi connectivity index (χ0) is 25.3. The number of hydrogen-bond donors (Lipinski definition) is 4. The van der Waals surface area contributed by atoms with Gasteiger partial charge in [-0.2, -0.15) is 0 Å². The molecule has 0 saturated carbocycles. The van der Waals surface area contributed by atoms with Gasteiger partial charge in [0.15, 0.2) is 0 Å². The fourth-order valence-electron chi connectivity index (χ4n) is 3.91. The van der Waals surface area contributed by atoms with Crippen LogP contribution in [0.15, 0.2) is 66.9 Å². The van der Waals surface area contributed by atoms with Crippen LogP contribution in [0.5, 0.6) is 5.75 Å². The van der Waals surface area contributed by atoms with Crippen molar-refractivity contribution in [1.82, 2.24) is 15.6 Å². The van der Waals surface area contributed by atoms with Crippen molar-refractivity contribution in [2.45, 2.75) is 51.8 Å². The first-order chi connectivity index (χ1) is 16.8. The molecule has 0 unspecified atom stereocenters. The highest BCUT2D eigenvalue weighted by Crippen LogP contribution is 2.19. The monoisotopic (exact) mass is 476 g/mol. The number of aliphatic hydroxyl groups excluding tert-OH is 1. The van der Waals surface area contributed by atoms with E-state index in [0.29, 0.717) is 31.9 Å². The number of carbonyl (C=O) groups excluding carboxylic acids is 1. The van der Waals surface area contributed by atoms with Crippen molar-refractivity contribution in [2.24, 2.45) is 0 Å². The number of carbonyl (C=O) groups is 1. The van der Waals surface area contributed by atoms with Crippen LogP contribution in [0.4, 0.5) is 5.82 Å². The van der Waals surface area contributed by atoms with Gasteiger partial charge in [-0.15, -0.1) is 0 Å². The third kappa shape index (κ3) is 8.38. The van der Waals surface area contributed by atoms with Gasteiger partial charge in [0.25, 0.3) is 0 Å². The summed E-state index contributed by atoms with van der Waals surface area (Å²) in [4.78, 5) is 16.6. The number of nitrogen functional groups attached to an aromatic ring is 1. The summed E-state index contributed by atoms with van der Waals surface area (Å²) in [6.45, 7) is 7.53. The molecule has 3 aromatic rings. The normalized spacial score (nSPS) is 12.2. The fourth-order valence-corrected chi connectivity index (χ4v) is 3.91. The van der Waals surface area contributed by atoms with Crippen molar-refractivity contribution >= 4 is 11.7 Å². The number of nitrogens with zero attached hydrogens (tertiary/aromatic N) is 1. The smallest absolute Gasteiger partial charge is 0.224 e. The van der Waals surface area contributed by atoms with Gasteiger partial charge >= 0.3 is 0 Å². The van der Waals surface area contributed by atoms with E-state index in [1.165, 1.54) is 0 Å². The Labute approximate surface area is 207 Å². The molecule has 1 aromatic heterocycles. The van der Waals surface area contributed by atoms with E-state index in [2.05, 4.69) is 41.6 Å². The van der Waals surface area contributed by atoms with Crippen LogP contribution in [0.3, 0.4) is 0 Å². The van der Waals surface area contributed by atoms with E-state index in [0.717, 1.165) is 34.4 Å². The number of amides is 1. The Kier molecular flexibility index (Phi) is 9.23. The van der Waals surface area contributed by atoms with Gasteiger partial charge < -0.3 is 26.2 Å². The summed E-state index contributed by atoms with van der Waals surface area (Å²) in [6.07, 6.45) is 1.97. The number of rotatable bonds is 12. The molecule has 0 bridgehead atoms. The molecule has 5 N–H and O–H groups in total. The highest BCUT2D eigenvalue weighted by Gasteiger charge is 2.20. The van der Waals surface area contributed by atoms with Crippen LogP contribution in [0.2, 0.25) is 0 Å². The number of β-amino-alcohol motifs (C(OH)–C–C–N with tert-alkyl or cyclic N) is 1. The number of anilines is 1. The molecule has 7 nitrogen and oxygen atoms in total. The first-order valence-electron chi connectivity index (χ1n) is 12.0. The average molecular weight is 477 g/mol.